The monoisotopic (exact) mass is 238 g/mol. The van der Waals surface area contributed by atoms with Gasteiger partial charge >= 0.3 is 0 Å². The minimum atomic E-state index is 0.766. The Morgan fingerprint density at radius 3 is 3.00 bits per heavy atom. The molecule has 0 aliphatic heterocycles. The van der Waals surface area contributed by atoms with E-state index in [2.05, 4.69) is 34.4 Å². The van der Waals surface area contributed by atoms with Gasteiger partial charge in [-0.1, -0.05) is 18.2 Å². The van der Waals surface area contributed by atoms with Crippen LogP contribution in [0.2, 0.25) is 0 Å². The van der Waals surface area contributed by atoms with Crippen LogP contribution in [0, 0.1) is 0 Å². The number of nitrogens with zero attached hydrogens (tertiary/aromatic N) is 1. The summed E-state index contributed by atoms with van der Waals surface area (Å²) in [5.41, 5.74) is 2.49. The average Bonchev–Trinajstić information content (AvgIpc) is 3.04. The van der Waals surface area contributed by atoms with Gasteiger partial charge in [-0.2, -0.15) is 0 Å². The van der Waals surface area contributed by atoms with E-state index in [9.17, 15) is 0 Å². The van der Waals surface area contributed by atoms with Crippen molar-refractivity contribution in [1.29, 1.82) is 0 Å². The molecule has 0 atom stereocenters. The Kier molecular flexibility index (Phi) is 2.96. The summed E-state index contributed by atoms with van der Waals surface area (Å²) in [6.07, 6.45) is 6.42. The third kappa shape index (κ3) is 2.20. The topological polar surface area (TPSA) is 41.3 Å². The van der Waals surface area contributed by atoms with E-state index in [1.54, 1.807) is 12.5 Å². The van der Waals surface area contributed by atoms with Crippen molar-refractivity contribution in [3.8, 4) is 0 Å². The Morgan fingerprint density at radius 2 is 2.11 bits per heavy atom. The Bertz CT molecular complexity index is 650. The van der Waals surface area contributed by atoms with E-state index in [0.29, 0.717) is 0 Å². The van der Waals surface area contributed by atoms with Crippen molar-refractivity contribution in [2.75, 3.05) is 6.54 Å². The quantitative estimate of drug-likeness (QED) is 0.695. The summed E-state index contributed by atoms with van der Waals surface area (Å²) < 4.78 is 5.19. The van der Waals surface area contributed by atoms with Gasteiger partial charge in [-0.3, -0.25) is 4.99 Å². The zero-order chi connectivity index (χ0) is 12.2. The molecule has 1 aromatic carbocycles. The highest BCUT2D eigenvalue weighted by Crippen LogP contribution is 2.17. The van der Waals surface area contributed by atoms with Crippen LogP contribution in [0.15, 0.2) is 58.3 Å². The summed E-state index contributed by atoms with van der Waals surface area (Å²) in [7, 11) is 0. The van der Waals surface area contributed by atoms with Gasteiger partial charge in [-0.05, 0) is 30.2 Å². The molecular weight excluding hydrogens is 224 g/mol. The number of para-hydroxylation sites is 1. The van der Waals surface area contributed by atoms with E-state index in [1.165, 1.54) is 16.5 Å². The summed E-state index contributed by atoms with van der Waals surface area (Å²) in [6, 6.07) is 12.1. The molecule has 0 aliphatic rings. The number of H-pyrrole nitrogens is 1. The molecule has 0 fully saturated rings. The summed E-state index contributed by atoms with van der Waals surface area (Å²) in [5.74, 6) is 0.800. The third-order valence-corrected chi connectivity index (χ3v) is 2.95. The fourth-order valence-electron chi connectivity index (χ4n) is 2.04. The molecule has 3 aromatic rings. The molecule has 3 nitrogen and oxygen atoms in total. The fourth-order valence-corrected chi connectivity index (χ4v) is 2.04. The summed E-state index contributed by atoms with van der Waals surface area (Å²) in [4.78, 5) is 7.64. The predicted octanol–water partition coefficient (Wildman–Crippen LogP) is 3.42. The molecule has 18 heavy (non-hydrogen) atoms. The molecule has 0 spiro atoms. The molecule has 0 unspecified atom stereocenters. The van der Waals surface area contributed by atoms with Crippen molar-refractivity contribution in [3.63, 3.8) is 0 Å². The van der Waals surface area contributed by atoms with Crippen LogP contribution in [0.4, 0.5) is 0 Å². The van der Waals surface area contributed by atoms with E-state index >= 15 is 0 Å². The average molecular weight is 238 g/mol. The first-order chi connectivity index (χ1) is 8.93. The lowest BCUT2D eigenvalue weighted by Gasteiger charge is -1.95. The van der Waals surface area contributed by atoms with Crippen LogP contribution in [-0.2, 0) is 6.42 Å². The maximum Gasteiger partial charge on any atom is 0.144 e. The molecule has 90 valence electrons. The highest BCUT2D eigenvalue weighted by molar-refractivity contribution is 5.83. The van der Waals surface area contributed by atoms with Gasteiger partial charge in [-0.25, -0.2) is 0 Å². The van der Waals surface area contributed by atoms with E-state index in [1.807, 2.05) is 18.2 Å². The number of hydrogen-bond donors (Lipinski definition) is 1. The van der Waals surface area contributed by atoms with Gasteiger partial charge in [0.05, 0.1) is 12.5 Å². The molecule has 0 saturated heterocycles. The molecule has 0 amide bonds. The van der Waals surface area contributed by atoms with Crippen molar-refractivity contribution in [2.45, 2.75) is 6.42 Å². The van der Waals surface area contributed by atoms with Gasteiger partial charge < -0.3 is 9.40 Å². The lowest BCUT2D eigenvalue weighted by atomic mass is 10.1. The third-order valence-electron chi connectivity index (χ3n) is 2.95. The number of fused-ring (bicyclic) bond motifs is 1. The molecule has 0 bridgehead atoms. The maximum atomic E-state index is 5.19. The Labute approximate surface area is 105 Å². The van der Waals surface area contributed by atoms with E-state index in [-0.39, 0.29) is 0 Å². The predicted molar refractivity (Wildman–Crippen MR) is 73.2 cm³/mol. The van der Waals surface area contributed by atoms with Crippen molar-refractivity contribution < 1.29 is 4.42 Å². The number of aromatic amines is 1. The van der Waals surface area contributed by atoms with Crippen LogP contribution in [0.1, 0.15) is 11.3 Å². The van der Waals surface area contributed by atoms with Crippen LogP contribution in [0.5, 0.6) is 0 Å². The van der Waals surface area contributed by atoms with Crippen molar-refractivity contribution in [1.82, 2.24) is 4.98 Å². The van der Waals surface area contributed by atoms with Crippen LogP contribution in [0.25, 0.3) is 10.9 Å². The number of aromatic nitrogens is 1. The smallest absolute Gasteiger partial charge is 0.144 e. The molecule has 3 heteroatoms. The van der Waals surface area contributed by atoms with Crippen LogP contribution < -0.4 is 0 Å². The van der Waals surface area contributed by atoms with Gasteiger partial charge in [-0.15, -0.1) is 0 Å². The Balaban J connectivity index is 1.67. The van der Waals surface area contributed by atoms with E-state index in [0.717, 1.165) is 18.7 Å². The van der Waals surface area contributed by atoms with Crippen molar-refractivity contribution in [3.05, 3.63) is 60.2 Å². The lowest BCUT2D eigenvalue weighted by Crippen LogP contribution is -1.89. The second-order valence-electron chi connectivity index (χ2n) is 4.16. The number of hydrogen-bond acceptors (Lipinski definition) is 2. The van der Waals surface area contributed by atoms with Crippen LogP contribution in [-0.4, -0.2) is 17.7 Å². The maximum absolute atomic E-state index is 5.19. The van der Waals surface area contributed by atoms with Crippen LogP contribution in [0.3, 0.4) is 0 Å². The highest BCUT2D eigenvalue weighted by Gasteiger charge is 2.01. The highest BCUT2D eigenvalue weighted by atomic mass is 16.3. The first kappa shape index (κ1) is 10.8. The van der Waals surface area contributed by atoms with Gasteiger partial charge in [0.15, 0.2) is 0 Å². The van der Waals surface area contributed by atoms with Crippen LogP contribution >= 0.6 is 0 Å². The van der Waals surface area contributed by atoms with E-state index < -0.39 is 0 Å². The number of furan rings is 1. The largest absolute Gasteiger partial charge is 0.463 e. The number of rotatable bonds is 4. The molecule has 0 aliphatic carbocycles. The first-order valence-corrected chi connectivity index (χ1v) is 6.02. The zero-order valence-corrected chi connectivity index (χ0v) is 9.97. The molecule has 0 radical (unpaired) electrons. The van der Waals surface area contributed by atoms with Gasteiger partial charge in [0.1, 0.15) is 5.76 Å². The summed E-state index contributed by atoms with van der Waals surface area (Å²) in [5, 5.41) is 1.28. The minimum Gasteiger partial charge on any atom is -0.463 e. The fraction of sp³-hybridized carbons (Fsp3) is 0.133. The molecule has 0 saturated carbocycles. The standard InChI is InChI=1S/C15H14N2O/c1-2-6-15-14(5-1)12(10-17-15)7-8-16-11-13-4-3-9-18-13/h1-6,9-11,17H,7-8H2. The van der Waals surface area contributed by atoms with Crippen molar-refractivity contribution in [2.24, 2.45) is 4.99 Å². The van der Waals surface area contributed by atoms with E-state index in [4.69, 9.17) is 4.42 Å². The summed E-state index contributed by atoms with van der Waals surface area (Å²) in [6.45, 7) is 0.766. The Hall–Kier alpha value is -2.29. The summed E-state index contributed by atoms with van der Waals surface area (Å²) >= 11 is 0. The number of aliphatic imine (C=N–C) groups is 1. The first-order valence-electron chi connectivity index (χ1n) is 6.02. The Morgan fingerprint density at radius 1 is 1.17 bits per heavy atom. The second-order valence-corrected chi connectivity index (χ2v) is 4.16. The molecule has 2 aromatic heterocycles. The SMILES string of the molecule is C(=NCCc1c[nH]c2ccccc12)c1ccco1. The van der Waals surface area contributed by atoms with Gasteiger partial charge in [0.25, 0.3) is 0 Å². The minimum absolute atomic E-state index is 0.766. The number of nitrogens with one attached hydrogen (secondary N) is 1. The zero-order valence-electron chi connectivity index (χ0n) is 9.97. The molecule has 3 rings (SSSR count). The normalized spacial score (nSPS) is 11.6. The van der Waals surface area contributed by atoms with Gasteiger partial charge in [0.2, 0.25) is 0 Å². The molecule has 1 N–H and O–H groups in total. The second kappa shape index (κ2) is 4.92. The van der Waals surface area contributed by atoms with Gasteiger partial charge in [0, 0.05) is 23.6 Å². The van der Waals surface area contributed by atoms with Crippen molar-refractivity contribution >= 4 is 17.1 Å². The number of benzene rings is 1. The molecular formula is C15H14N2O. The lowest BCUT2D eigenvalue weighted by molar-refractivity contribution is 0.560. The molecule has 2 heterocycles.